The second-order valence-corrected chi connectivity index (χ2v) is 10.4. The molecule has 1 saturated carbocycles. The fourth-order valence-corrected chi connectivity index (χ4v) is 6.07. The smallest absolute Gasteiger partial charge is 0.293 e. The van der Waals surface area contributed by atoms with Crippen LogP contribution in [0.1, 0.15) is 66.1 Å². The van der Waals surface area contributed by atoms with E-state index in [0.717, 1.165) is 39.3 Å². The van der Waals surface area contributed by atoms with Crippen LogP contribution in [-0.2, 0) is 11.3 Å². The Balaban J connectivity index is 1.38. The minimum atomic E-state index is -0.423. The van der Waals surface area contributed by atoms with Crippen LogP contribution in [0.4, 0.5) is 9.18 Å². The molecule has 1 aromatic heterocycles. The number of amides is 2. The number of rotatable bonds is 5. The van der Waals surface area contributed by atoms with Gasteiger partial charge >= 0.3 is 0 Å². The maximum absolute atomic E-state index is 14.1. The number of thioether (sulfide) groups is 1. The van der Waals surface area contributed by atoms with Crippen LogP contribution in [-0.4, -0.2) is 20.6 Å². The number of imide groups is 1. The number of nitrogens with zero attached hydrogens (tertiary/aromatic N) is 2. The summed E-state index contributed by atoms with van der Waals surface area (Å²) >= 11 is 0.906. The summed E-state index contributed by atoms with van der Waals surface area (Å²) in [5.41, 5.74) is 5.80. The number of aryl methyl sites for hydroxylation is 1. The van der Waals surface area contributed by atoms with Crippen molar-refractivity contribution in [2.45, 2.75) is 58.4 Å². The largest absolute Gasteiger partial charge is 0.318 e. The Bertz CT molecular complexity index is 1300. The normalized spacial score (nSPS) is 18.1. The summed E-state index contributed by atoms with van der Waals surface area (Å²) < 4.78 is 16.2. The molecule has 180 valence electrons. The molecule has 2 amide bonds. The Morgan fingerprint density at radius 2 is 1.71 bits per heavy atom. The number of hydrogen-bond acceptors (Lipinski definition) is 3. The lowest BCUT2D eigenvalue weighted by atomic mass is 9.84. The second-order valence-electron chi connectivity index (χ2n) is 9.45. The topological polar surface area (TPSA) is 42.3 Å². The Labute approximate surface area is 209 Å². The van der Waals surface area contributed by atoms with Crippen molar-refractivity contribution in [2.24, 2.45) is 0 Å². The number of benzene rings is 2. The molecule has 6 heteroatoms. The van der Waals surface area contributed by atoms with E-state index in [-0.39, 0.29) is 17.7 Å². The SMILES string of the molecule is Cc1cc(/C=C2\SC(=O)N(Cc3ccccc3F)C2=O)c(C)n1-c1ccc(C2CCCCC2)cc1. The van der Waals surface area contributed by atoms with Gasteiger partial charge in [0.2, 0.25) is 0 Å². The predicted molar refractivity (Wildman–Crippen MR) is 139 cm³/mol. The van der Waals surface area contributed by atoms with Gasteiger partial charge in [-0.2, -0.15) is 0 Å². The highest BCUT2D eigenvalue weighted by Crippen LogP contribution is 2.36. The molecule has 0 spiro atoms. The minimum Gasteiger partial charge on any atom is -0.318 e. The van der Waals surface area contributed by atoms with Crippen LogP contribution in [0.2, 0.25) is 0 Å². The van der Waals surface area contributed by atoms with Crippen molar-refractivity contribution >= 4 is 29.0 Å². The van der Waals surface area contributed by atoms with E-state index in [1.54, 1.807) is 24.3 Å². The third kappa shape index (κ3) is 4.72. The first-order valence-corrected chi connectivity index (χ1v) is 13.0. The van der Waals surface area contributed by atoms with Gasteiger partial charge in [0.15, 0.2) is 0 Å². The van der Waals surface area contributed by atoms with E-state index in [9.17, 15) is 14.0 Å². The van der Waals surface area contributed by atoms with E-state index < -0.39 is 5.82 Å². The van der Waals surface area contributed by atoms with Gasteiger partial charge < -0.3 is 4.57 Å². The Morgan fingerprint density at radius 3 is 2.43 bits per heavy atom. The van der Waals surface area contributed by atoms with Gasteiger partial charge in [-0.15, -0.1) is 0 Å². The summed E-state index contributed by atoms with van der Waals surface area (Å²) in [7, 11) is 0. The molecule has 4 nitrogen and oxygen atoms in total. The highest BCUT2D eigenvalue weighted by Gasteiger charge is 2.35. The maximum atomic E-state index is 14.1. The number of carbonyl (C=O) groups excluding carboxylic acids is 2. The van der Waals surface area contributed by atoms with Crippen LogP contribution >= 0.6 is 11.8 Å². The molecule has 2 aromatic carbocycles. The molecule has 35 heavy (non-hydrogen) atoms. The van der Waals surface area contributed by atoms with Crippen molar-refractivity contribution in [3.05, 3.63) is 93.4 Å². The van der Waals surface area contributed by atoms with E-state index in [1.807, 2.05) is 19.9 Å². The van der Waals surface area contributed by atoms with Crippen LogP contribution in [0.25, 0.3) is 11.8 Å². The minimum absolute atomic E-state index is 0.0684. The molecule has 1 aliphatic carbocycles. The average molecular weight is 489 g/mol. The van der Waals surface area contributed by atoms with E-state index in [1.165, 1.54) is 43.7 Å². The molecule has 2 aliphatic rings. The van der Waals surface area contributed by atoms with Crippen LogP contribution in [0, 0.1) is 19.7 Å². The fourth-order valence-electron chi connectivity index (χ4n) is 5.24. The zero-order valence-electron chi connectivity index (χ0n) is 20.1. The van der Waals surface area contributed by atoms with Gasteiger partial charge in [-0.1, -0.05) is 49.6 Å². The molecule has 0 N–H and O–H groups in total. The molecule has 0 atom stereocenters. The molecule has 5 rings (SSSR count). The molecule has 0 radical (unpaired) electrons. The van der Waals surface area contributed by atoms with Gasteiger partial charge in [-0.05, 0) is 85.8 Å². The highest BCUT2D eigenvalue weighted by atomic mass is 32.2. The van der Waals surface area contributed by atoms with E-state index in [2.05, 4.69) is 28.8 Å². The number of carbonyl (C=O) groups is 2. The van der Waals surface area contributed by atoms with Gasteiger partial charge in [0.05, 0.1) is 11.4 Å². The Morgan fingerprint density at radius 1 is 1.00 bits per heavy atom. The summed E-state index contributed by atoms with van der Waals surface area (Å²) in [6.45, 7) is 4.00. The lowest BCUT2D eigenvalue weighted by Crippen LogP contribution is -2.27. The van der Waals surface area contributed by atoms with Gasteiger partial charge in [0.25, 0.3) is 11.1 Å². The van der Waals surface area contributed by atoms with Gasteiger partial charge in [0.1, 0.15) is 5.82 Å². The van der Waals surface area contributed by atoms with Crippen molar-refractivity contribution in [1.29, 1.82) is 0 Å². The van der Waals surface area contributed by atoms with Crippen molar-refractivity contribution in [2.75, 3.05) is 0 Å². The van der Waals surface area contributed by atoms with Crippen LogP contribution in [0.5, 0.6) is 0 Å². The summed E-state index contributed by atoms with van der Waals surface area (Å²) in [4.78, 5) is 27.0. The predicted octanol–water partition coefficient (Wildman–Crippen LogP) is 7.52. The molecule has 2 fully saturated rings. The van der Waals surface area contributed by atoms with Gasteiger partial charge in [-0.25, -0.2) is 4.39 Å². The summed E-state index contributed by atoms with van der Waals surface area (Å²) in [6, 6.07) is 17.1. The third-order valence-corrected chi connectivity index (χ3v) is 8.05. The van der Waals surface area contributed by atoms with Gasteiger partial charge in [-0.3, -0.25) is 14.5 Å². The summed E-state index contributed by atoms with van der Waals surface area (Å²) in [5.74, 6) is -0.140. The number of hydrogen-bond donors (Lipinski definition) is 0. The summed E-state index contributed by atoms with van der Waals surface area (Å²) in [6.07, 6.45) is 8.31. The Hall–Kier alpha value is -3.12. The second kappa shape index (κ2) is 9.86. The highest BCUT2D eigenvalue weighted by molar-refractivity contribution is 8.18. The molecular weight excluding hydrogens is 459 g/mol. The first-order chi connectivity index (χ1) is 16.9. The molecular formula is C29H29FN2O2S. The summed E-state index contributed by atoms with van der Waals surface area (Å²) in [5, 5.41) is -0.378. The molecule has 2 heterocycles. The van der Waals surface area contributed by atoms with Crippen molar-refractivity contribution in [3.8, 4) is 5.69 Å². The van der Waals surface area contributed by atoms with Crippen LogP contribution < -0.4 is 0 Å². The maximum Gasteiger partial charge on any atom is 0.293 e. The molecule has 3 aromatic rings. The molecule has 0 bridgehead atoms. The van der Waals surface area contributed by atoms with Crippen LogP contribution in [0.15, 0.2) is 59.5 Å². The van der Waals surface area contributed by atoms with Crippen molar-refractivity contribution in [3.63, 3.8) is 0 Å². The lowest BCUT2D eigenvalue weighted by Gasteiger charge is -2.22. The fraction of sp³-hybridized carbons (Fsp3) is 0.310. The zero-order chi connectivity index (χ0) is 24.5. The van der Waals surface area contributed by atoms with Crippen LogP contribution in [0.3, 0.4) is 0 Å². The zero-order valence-corrected chi connectivity index (χ0v) is 20.9. The molecule has 1 saturated heterocycles. The first-order valence-electron chi connectivity index (χ1n) is 12.2. The third-order valence-electron chi connectivity index (χ3n) is 7.14. The average Bonchev–Trinajstić information content (AvgIpc) is 3.30. The lowest BCUT2D eigenvalue weighted by molar-refractivity contribution is -0.123. The molecule has 0 unspecified atom stereocenters. The monoisotopic (exact) mass is 488 g/mol. The molecule has 1 aliphatic heterocycles. The number of halogens is 1. The van der Waals surface area contributed by atoms with Gasteiger partial charge in [0, 0.05) is 22.6 Å². The first kappa shape index (κ1) is 23.6. The van der Waals surface area contributed by atoms with Crippen molar-refractivity contribution < 1.29 is 14.0 Å². The van der Waals surface area contributed by atoms with E-state index in [0.29, 0.717) is 16.4 Å². The van der Waals surface area contributed by atoms with E-state index >= 15 is 0 Å². The quantitative estimate of drug-likeness (QED) is 0.349. The van der Waals surface area contributed by atoms with E-state index in [4.69, 9.17) is 0 Å². The number of aromatic nitrogens is 1. The van der Waals surface area contributed by atoms with Crippen molar-refractivity contribution in [1.82, 2.24) is 9.47 Å². The standard InChI is InChI=1S/C29H29FN2O2S/c1-19-16-24(17-27-28(33)31(29(34)35-27)18-23-10-6-7-11-26(23)30)20(2)32(19)25-14-12-22(13-15-25)21-8-4-3-5-9-21/h6-7,10-17,21H,3-5,8-9,18H2,1-2H3/b27-17-. The Kier molecular flexibility index (Phi) is 6.65.